The molecule has 0 spiro atoms. The second-order valence-corrected chi connectivity index (χ2v) is 6.09. The molecule has 3 heterocycles. The number of likely N-dealkylation sites (tertiary alicyclic amines) is 1. The monoisotopic (exact) mass is 330 g/mol. The summed E-state index contributed by atoms with van der Waals surface area (Å²) in [5.41, 5.74) is 6.54. The van der Waals surface area contributed by atoms with Gasteiger partial charge in [-0.15, -0.1) is 0 Å². The maximum atomic E-state index is 12.5. The summed E-state index contributed by atoms with van der Waals surface area (Å²) in [6, 6.07) is 3.75. The van der Waals surface area contributed by atoms with Crippen molar-refractivity contribution < 1.29 is 9.32 Å². The van der Waals surface area contributed by atoms with Gasteiger partial charge in [-0.05, 0) is 37.9 Å². The number of aryl methyl sites for hydroxylation is 1. The molecule has 8 nitrogen and oxygen atoms in total. The molecule has 128 valence electrons. The number of carbonyl (C=O) groups is 1. The van der Waals surface area contributed by atoms with Crippen molar-refractivity contribution in [2.24, 2.45) is 11.7 Å². The summed E-state index contributed by atoms with van der Waals surface area (Å²) in [7, 11) is 0. The van der Waals surface area contributed by atoms with E-state index in [1.807, 2.05) is 19.1 Å². The van der Waals surface area contributed by atoms with E-state index < -0.39 is 0 Å². The Morgan fingerprint density at radius 1 is 1.50 bits per heavy atom. The number of carbonyl (C=O) groups excluding carboxylic acids is 1. The van der Waals surface area contributed by atoms with E-state index in [9.17, 15) is 4.79 Å². The van der Waals surface area contributed by atoms with Crippen molar-refractivity contribution in [2.45, 2.75) is 32.9 Å². The molecule has 1 amide bonds. The fourth-order valence-corrected chi connectivity index (χ4v) is 2.82. The lowest BCUT2D eigenvalue weighted by molar-refractivity contribution is -0.121. The number of nitrogens with zero attached hydrogens (tertiary/aromatic N) is 4. The third-order valence-electron chi connectivity index (χ3n) is 4.09. The van der Waals surface area contributed by atoms with Gasteiger partial charge in [-0.3, -0.25) is 9.69 Å². The zero-order valence-corrected chi connectivity index (χ0v) is 13.7. The molecule has 1 unspecified atom stereocenters. The van der Waals surface area contributed by atoms with Gasteiger partial charge in [0, 0.05) is 12.7 Å². The molecule has 1 aliphatic rings. The second kappa shape index (κ2) is 7.50. The van der Waals surface area contributed by atoms with E-state index in [1.54, 1.807) is 6.20 Å². The topological polar surface area (TPSA) is 110 Å². The molecule has 3 rings (SSSR count). The molecule has 3 N–H and O–H groups in total. The summed E-state index contributed by atoms with van der Waals surface area (Å²) in [6.07, 6.45) is 3.57. The largest absolute Gasteiger partial charge is 0.338 e. The third-order valence-corrected chi connectivity index (χ3v) is 4.09. The van der Waals surface area contributed by atoms with Gasteiger partial charge in [0.25, 0.3) is 0 Å². The molecule has 24 heavy (non-hydrogen) atoms. The van der Waals surface area contributed by atoms with Crippen molar-refractivity contribution in [1.82, 2.24) is 20.0 Å². The van der Waals surface area contributed by atoms with Gasteiger partial charge in [0.1, 0.15) is 5.82 Å². The number of amides is 1. The molecule has 2 aromatic heterocycles. The first-order valence-electron chi connectivity index (χ1n) is 8.11. The van der Waals surface area contributed by atoms with Crippen molar-refractivity contribution in [3.05, 3.63) is 35.6 Å². The normalized spacial score (nSPS) is 18.5. The maximum Gasteiger partial charge on any atom is 0.240 e. The molecular formula is C16H22N6O2. The van der Waals surface area contributed by atoms with Gasteiger partial charge in [0.2, 0.25) is 11.8 Å². The predicted molar refractivity (Wildman–Crippen MR) is 87.8 cm³/mol. The minimum atomic E-state index is -0.0669. The Morgan fingerprint density at radius 2 is 2.38 bits per heavy atom. The van der Waals surface area contributed by atoms with Crippen LogP contribution in [-0.4, -0.2) is 39.0 Å². The van der Waals surface area contributed by atoms with E-state index in [-0.39, 0.29) is 18.4 Å². The highest BCUT2D eigenvalue weighted by Gasteiger charge is 2.26. The molecule has 0 radical (unpaired) electrons. The van der Waals surface area contributed by atoms with Crippen LogP contribution in [0.25, 0.3) is 0 Å². The summed E-state index contributed by atoms with van der Waals surface area (Å²) in [4.78, 5) is 23.1. The Hall–Kier alpha value is -2.32. The highest BCUT2D eigenvalue weighted by molar-refractivity contribution is 5.91. The first-order valence-corrected chi connectivity index (χ1v) is 8.11. The Balaban J connectivity index is 1.56. The van der Waals surface area contributed by atoms with Crippen molar-refractivity contribution in [2.75, 3.05) is 18.4 Å². The van der Waals surface area contributed by atoms with Crippen LogP contribution < -0.4 is 11.1 Å². The van der Waals surface area contributed by atoms with E-state index >= 15 is 0 Å². The summed E-state index contributed by atoms with van der Waals surface area (Å²) >= 11 is 0. The third kappa shape index (κ3) is 4.15. The van der Waals surface area contributed by atoms with E-state index in [0.717, 1.165) is 24.9 Å². The number of hydrogen-bond donors (Lipinski definition) is 2. The number of aromatic nitrogens is 3. The molecule has 0 saturated carbocycles. The van der Waals surface area contributed by atoms with Gasteiger partial charge in [-0.25, -0.2) is 4.98 Å². The van der Waals surface area contributed by atoms with Crippen molar-refractivity contribution in [3.8, 4) is 0 Å². The molecule has 1 atom stereocenters. The van der Waals surface area contributed by atoms with Crippen LogP contribution in [0.3, 0.4) is 0 Å². The Morgan fingerprint density at radius 3 is 3.08 bits per heavy atom. The van der Waals surface area contributed by atoms with Crippen molar-refractivity contribution >= 4 is 11.7 Å². The SMILES string of the molecule is Cc1ccc(NC(=O)C2CCCN(Cc3noc(CN)n3)C2)nc1. The van der Waals surface area contributed by atoms with Crippen LogP contribution >= 0.6 is 0 Å². The number of pyridine rings is 1. The van der Waals surface area contributed by atoms with E-state index in [2.05, 4.69) is 25.3 Å². The summed E-state index contributed by atoms with van der Waals surface area (Å²) in [5, 5.41) is 6.80. The average Bonchev–Trinajstić information content (AvgIpc) is 3.05. The highest BCUT2D eigenvalue weighted by Crippen LogP contribution is 2.19. The Bertz CT molecular complexity index is 684. The van der Waals surface area contributed by atoms with Crippen molar-refractivity contribution in [1.29, 1.82) is 0 Å². The lowest BCUT2D eigenvalue weighted by Crippen LogP contribution is -2.40. The van der Waals surface area contributed by atoms with E-state index in [0.29, 0.717) is 30.6 Å². The Labute approximate surface area is 140 Å². The summed E-state index contributed by atoms with van der Waals surface area (Å²) in [6.45, 7) is 4.35. The zero-order chi connectivity index (χ0) is 16.9. The Kier molecular flexibility index (Phi) is 5.17. The van der Waals surface area contributed by atoms with Crippen LogP contribution in [-0.2, 0) is 17.9 Å². The molecule has 1 fully saturated rings. The van der Waals surface area contributed by atoms with Crippen LogP contribution in [0.15, 0.2) is 22.9 Å². The van der Waals surface area contributed by atoms with Gasteiger partial charge in [-0.2, -0.15) is 4.98 Å². The molecule has 1 aliphatic heterocycles. The first-order chi connectivity index (χ1) is 11.6. The molecular weight excluding hydrogens is 308 g/mol. The average molecular weight is 330 g/mol. The number of nitrogens with one attached hydrogen (secondary N) is 1. The molecule has 2 aromatic rings. The minimum absolute atomic E-state index is 0.00631. The number of nitrogens with two attached hydrogens (primary N) is 1. The van der Waals surface area contributed by atoms with Crippen molar-refractivity contribution in [3.63, 3.8) is 0 Å². The van der Waals surface area contributed by atoms with Gasteiger partial charge in [0.15, 0.2) is 5.82 Å². The fraction of sp³-hybridized carbons (Fsp3) is 0.500. The van der Waals surface area contributed by atoms with E-state index in [4.69, 9.17) is 10.3 Å². The highest BCUT2D eigenvalue weighted by atomic mass is 16.5. The standard InChI is InChI=1S/C16H22N6O2/c1-11-4-5-13(18-8-11)20-16(23)12-3-2-6-22(9-12)10-14-19-15(7-17)24-21-14/h4-5,8,12H,2-3,6-7,9-10,17H2,1H3,(H,18,20,23). The molecule has 0 aromatic carbocycles. The minimum Gasteiger partial charge on any atom is -0.338 e. The quantitative estimate of drug-likeness (QED) is 0.844. The number of hydrogen-bond acceptors (Lipinski definition) is 7. The van der Waals surface area contributed by atoms with Gasteiger partial charge in [0.05, 0.1) is 19.0 Å². The van der Waals surface area contributed by atoms with Crippen LogP contribution in [0.1, 0.15) is 30.1 Å². The maximum absolute atomic E-state index is 12.5. The molecule has 8 heteroatoms. The van der Waals surface area contributed by atoms with Crippen LogP contribution in [0.4, 0.5) is 5.82 Å². The summed E-state index contributed by atoms with van der Waals surface area (Å²) in [5.74, 6) is 1.57. The lowest BCUT2D eigenvalue weighted by atomic mass is 9.97. The fourth-order valence-electron chi connectivity index (χ4n) is 2.82. The molecule has 0 bridgehead atoms. The zero-order valence-electron chi connectivity index (χ0n) is 13.7. The number of anilines is 1. The number of rotatable bonds is 5. The van der Waals surface area contributed by atoms with Crippen LogP contribution in [0.2, 0.25) is 0 Å². The molecule has 0 aliphatic carbocycles. The van der Waals surface area contributed by atoms with Gasteiger partial charge < -0.3 is 15.6 Å². The lowest BCUT2D eigenvalue weighted by Gasteiger charge is -2.30. The first kappa shape index (κ1) is 16.5. The summed E-state index contributed by atoms with van der Waals surface area (Å²) < 4.78 is 5.02. The van der Waals surface area contributed by atoms with E-state index in [1.165, 1.54) is 0 Å². The smallest absolute Gasteiger partial charge is 0.240 e. The van der Waals surface area contributed by atoms with Crippen LogP contribution in [0, 0.1) is 12.8 Å². The number of piperidine rings is 1. The molecule has 1 saturated heterocycles. The predicted octanol–water partition coefficient (Wildman–Crippen LogP) is 1.08. The van der Waals surface area contributed by atoms with Gasteiger partial charge >= 0.3 is 0 Å². The van der Waals surface area contributed by atoms with Crippen LogP contribution in [0.5, 0.6) is 0 Å². The van der Waals surface area contributed by atoms with Gasteiger partial charge in [-0.1, -0.05) is 11.2 Å². The second-order valence-electron chi connectivity index (χ2n) is 6.09.